The van der Waals surface area contributed by atoms with Crippen molar-refractivity contribution in [1.82, 2.24) is 14.3 Å². The first-order valence-electron chi connectivity index (χ1n) is 7.08. The van der Waals surface area contributed by atoms with E-state index >= 15 is 0 Å². The molecule has 6 nitrogen and oxygen atoms in total. The third-order valence-electron chi connectivity index (χ3n) is 3.39. The van der Waals surface area contributed by atoms with Crippen LogP contribution in [0.15, 0.2) is 43.0 Å². The Labute approximate surface area is 130 Å². The van der Waals surface area contributed by atoms with Crippen LogP contribution in [0, 0.1) is 0 Å². The maximum atomic E-state index is 12.1. The minimum atomic E-state index is -3.64. The van der Waals surface area contributed by atoms with Gasteiger partial charge in [-0.25, -0.2) is 18.1 Å². The number of sulfonamides is 1. The van der Waals surface area contributed by atoms with Crippen molar-refractivity contribution in [3.63, 3.8) is 0 Å². The summed E-state index contributed by atoms with van der Waals surface area (Å²) in [4.78, 5) is 16.0. The number of nitrogens with one attached hydrogen (secondary N) is 1. The molecular weight excluding hydrogens is 302 g/mol. The van der Waals surface area contributed by atoms with Gasteiger partial charge in [-0.2, -0.15) is 0 Å². The van der Waals surface area contributed by atoms with Gasteiger partial charge in [0.2, 0.25) is 10.0 Å². The third kappa shape index (κ3) is 3.73. The van der Waals surface area contributed by atoms with E-state index < -0.39 is 21.2 Å². The molecular formula is C15H19N3O3S. The molecule has 22 heavy (non-hydrogen) atoms. The van der Waals surface area contributed by atoms with Gasteiger partial charge >= 0.3 is 0 Å². The smallest absolute Gasteiger partial charge is 0.264 e. The fourth-order valence-electron chi connectivity index (χ4n) is 2.05. The van der Waals surface area contributed by atoms with Gasteiger partial charge in [0.1, 0.15) is 0 Å². The van der Waals surface area contributed by atoms with Gasteiger partial charge < -0.3 is 4.57 Å². The molecule has 0 radical (unpaired) electrons. The van der Waals surface area contributed by atoms with Crippen LogP contribution in [0.25, 0.3) is 5.69 Å². The van der Waals surface area contributed by atoms with Gasteiger partial charge in [-0.05, 0) is 37.6 Å². The highest BCUT2D eigenvalue weighted by Crippen LogP contribution is 2.11. The summed E-state index contributed by atoms with van der Waals surface area (Å²) in [5.74, 6) is -0.611. The monoisotopic (exact) mass is 321 g/mol. The van der Waals surface area contributed by atoms with Crippen molar-refractivity contribution in [2.24, 2.45) is 0 Å². The first kappa shape index (κ1) is 16.2. The summed E-state index contributed by atoms with van der Waals surface area (Å²) in [6.07, 6.45) is 6.35. The van der Waals surface area contributed by atoms with E-state index in [-0.39, 0.29) is 0 Å². The Morgan fingerprint density at radius 2 is 2.00 bits per heavy atom. The third-order valence-corrected chi connectivity index (χ3v) is 5.16. The quantitative estimate of drug-likeness (QED) is 0.883. The van der Waals surface area contributed by atoms with Gasteiger partial charge in [0.05, 0.1) is 11.6 Å². The summed E-state index contributed by atoms with van der Waals surface area (Å²) >= 11 is 0. The molecule has 7 heteroatoms. The Balaban J connectivity index is 2.10. The SMILES string of the molecule is CCC[C@@H](C)S(=O)(=O)NC(=O)c1ccc(-n2ccnc2)cc1. The van der Waals surface area contributed by atoms with Crippen molar-refractivity contribution in [3.05, 3.63) is 48.5 Å². The van der Waals surface area contributed by atoms with E-state index in [2.05, 4.69) is 9.71 Å². The second-order valence-corrected chi connectivity index (χ2v) is 7.19. The minimum absolute atomic E-state index is 0.302. The highest BCUT2D eigenvalue weighted by Gasteiger charge is 2.22. The lowest BCUT2D eigenvalue weighted by molar-refractivity contribution is 0.0981. The van der Waals surface area contributed by atoms with Gasteiger partial charge in [0.15, 0.2) is 0 Å². The average molecular weight is 321 g/mol. The summed E-state index contributed by atoms with van der Waals surface area (Å²) in [6.45, 7) is 3.50. The van der Waals surface area contributed by atoms with Crippen LogP contribution < -0.4 is 4.72 Å². The maximum Gasteiger partial charge on any atom is 0.264 e. The van der Waals surface area contributed by atoms with Gasteiger partial charge in [-0.15, -0.1) is 0 Å². The second-order valence-electron chi connectivity index (χ2n) is 5.09. The molecule has 0 bridgehead atoms. The molecule has 0 saturated carbocycles. The molecule has 1 aromatic heterocycles. The zero-order valence-electron chi connectivity index (χ0n) is 12.6. The van der Waals surface area contributed by atoms with Crippen molar-refractivity contribution in [3.8, 4) is 5.69 Å². The van der Waals surface area contributed by atoms with Gasteiger partial charge in [-0.3, -0.25) is 4.79 Å². The molecule has 1 aromatic carbocycles. The largest absolute Gasteiger partial charge is 0.306 e. The van der Waals surface area contributed by atoms with Crippen LogP contribution in [0.4, 0.5) is 0 Å². The number of benzene rings is 1. The maximum absolute atomic E-state index is 12.1. The summed E-state index contributed by atoms with van der Waals surface area (Å²) in [6, 6.07) is 6.65. The van der Waals surface area contributed by atoms with Crippen molar-refractivity contribution >= 4 is 15.9 Å². The van der Waals surface area contributed by atoms with Crippen molar-refractivity contribution in [2.75, 3.05) is 0 Å². The number of hydrogen-bond acceptors (Lipinski definition) is 4. The van der Waals surface area contributed by atoms with Crippen LogP contribution in [0.2, 0.25) is 0 Å². The second kappa shape index (κ2) is 6.74. The highest BCUT2D eigenvalue weighted by atomic mass is 32.2. The van der Waals surface area contributed by atoms with E-state index in [1.807, 2.05) is 6.92 Å². The zero-order valence-corrected chi connectivity index (χ0v) is 13.4. The Bertz CT molecular complexity index is 722. The van der Waals surface area contributed by atoms with Gasteiger partial charge in [0, 0.05) is 23.6 Å². The van der Waals surface area contributed by atoms with Crippen LogP contribution in [0.3, 0.4) is 0 Å². The number of imidazole rings is 1. The number of nitrogens with zero attached hydrogens (tertiary/aromatic N) is 2. The molecule has 118 valence electrons. The number of carbonyl (C=O) groups excluding carboxylic acids is 1. The highest BCUT2D eigenvalue weighted by molar-refractivity contribution is 7.90. The van der Waals surface area contributed by atoms with E-state index in [9.17, 15) is 13.2 Å². The standard InChI is InChI=1S/C15H19N3O3S/c1-3-4-12(2)22(20,21)17-15(19)13-5-7-14(8-6-13)18-10-9-16-11-18/h5-12H,3-4H2,1-2H3,(H,17,19)/t12-/m1/s1. The van der Waals surface area contributed by atoms with E-state index in [1.54, 1.807) is 54.5 Å². The van der Waals surface area contributed by atoms with E-state index in [0.717, 1.165) is 12.1 Å². The lowest BCUT2D eigenvalue weighted by Crippen LogP contribution is -2.37. The Hall–Kier alpha value is -2.15. The van der Waals surface area contributed by atoms with Gasteiger partial charge in [0.25, 0.3) is 5.91 Å². The molecule has 1 amide bonds. The molecule has 2 aromatic rings. The molecule has 0 fully saturated rings. The normalized spacial score (nSPS) is 12.8. The summed E-state index contributed by atoms with van der Waals surface area (Å²) in [7, 11) is -3.64. The molecule has 2 rings (SSSR count). The van der Waals surface area contributed by atoms with Crippen molar-refractivity contribution in [2.45, 2.75) is 31.9 Å². The van der Waals surface area contributed by atoms with E-state index in [1.165, 1.54) is 0 Å². The molecule has 0 saturated heterocycles. The molecule has 1 heterocycles. The Morgan fingerprint density at radius 1 is 1.32 bits per heavy atom. The lowest BCUT2D eigenvalue weighted by atomic mass is 10.2. The van der Waals surface area contributed by atoms with E-state index in [4.69, 9.17) is 0 Å². The van der Waals surface area contributed by atoms with Crippen LogP contribution in [0.1, 0.15) is 37.0 Å². The summed E-state index contributed by atoms with van der Waals surface area (Å²) in [5.41, 5.74) is 1.15. The summed E-state index contributed by atoms with van der Waals surface area (Å²) in [5, 5.41) is -0.591. The fraction of sp³-hybridized carbons (Fsp3) is 0.333. The van der Waals surface area contributed by atoms with Crippen LogP contribution in [-0.2, 0) is 10.0 Å². The first-order valence-corrected chi connectivity index (χ1v) is 8.63. The van der Waals surface area contributed by atoms with Crippen molar-refractivity contribution in [1.29, 1.82) is 0 Å². The topological polar surface area (TPSA) is 81.1 Å². The van der Waals surface area contributed by atoms with Crippen LogP contribution >= 0.6 is 0 Å². The number of hydrogen-bond donors (Lipinski definition) is 1. The number of amides is 1. The number of rotatable bonds is 6. The van der Waals surface area contributed by atoms with Gasteiger partial charge in [-0.1, -0.05) is 13.3 Å². The zero-order chi connectivity index (χ0) is 16.2. The first-order chi connectivity index (χ1) is 10.4. The van der Waals surface area contributed by atoms with E-state index in [0.29, 0.717) is 12.0 Å². The van der Waals surface area contributed by atoms with Crippen molar-refractivity contribution < 1.29 is 13.2 Å². The Morgan fingerprint density at radius 3 is 2.55 bits per heavy atom. The molecule has 1 N–H and O–H groups in total. The molecule has 0 unspecified atom stereocenters. The van der Waals surface area contributed by atoms with Crippen LogP contribution in [0.5, 0.6) is 0 Å². The predicted octanol–water partition coefficient (Wildman–Crippen LogP) is 2.12. The lowest BCUT2D eigenvalue weighted by Gasteiger charge is -2.13. The number of aromatic nitrogens is 2. The Kier molecular flexibility index (Phi) is 4.97. The van der Waals surface area contributed by atoms with Crippen LogP contribution in [-0.4, -0.2) is 29.1 Å². The molecule has 0 aliphatic heterocycles. The number of carbonyl (C=O) groups is 1. The molecule has 0 aliphatic carbocycles. The summed E-state index contributed by atoms with van der Waals surface area (Å²) < 4.78 is 27.9. The fourth-order valence-corrected chi connectivity index (χ4v) is 3.17. The molecule has 0 spiro atoms. The molecule has 0 aliphatic rings. The predicted molar refractivity (Wildman–Crippen MR) is 84.3 cm³/mol. The minimum Gasteiger partial charge on any atom is -0.306 e. The molecule has 1 atom stereocenters. The average Bonchev–Trinajstić information content (AvgIpc) is 3.01.